The number of amides is 2. The van der Waals surface area contributed by atoms with Crippen molar-refractivity contribution >= 4 is 23.8 Å². The number of nitrogens with zero attached hydrogens (tertiary/aromatic N) is 1. The van der Waals surface area contributed by atoms with Gasteiger partial charge in [-0.2, -0.15) is 13.2 Å². The average molecular weight is 539 g/mol. The second kappa shape index (κ2) is 11.8. The van der Waals surface area contributed by atoms with Gasteiger partial charge in [-0.3, -0.25) is 10.2 Å². The first-order valence-corrected chi connectivity index (χ1v) is 11.2. The third-order valence-electron chi connectivity index (χ3n) is 4.64. The van der Waals surface area contributed by atoms with E-state index < -0.39 is 41.7 Å². The summed E-state index contributed by atoms with van der Waals surface area (Å²) < 4.78 is 54.0. The number of hydrogen-bond acceptors (Lipinski definition) is 7. The van der Waals surface area contributed by atoms with Crippen LogP contribution in [0, 0.1) is 5.41 Å². The maximum atomic E-state index is 12.9. The molecule has 1 unspecified atom stereocenters. The Morgan fingerprint density at radius 3 is 2.34 bits per heavy atom. The highest BCUT2D eigenvalue weighted by atomic mass is 19.4. The second-order valence-electron chi connectivity index (χ2n) is 9.23. The minimum Gasteiger partial charge on any atom is -0.471 e. The fraction of sp³-hybridized carbons (Fsp3) is 0.360. The third-order valence-corrected chi connectivity index (χ3v) is 4.64. The van der Waals surface area contributed by atoms with Crippen molar-refractivity contribution in [3.05, 3.63) is 59.2 Å². The van der Waals surface area contributed by atoms with Gasteiger partial charge in [-0.1, -0.05) is 18.2 Å². The van der Waals surface area contributed by atoms with Gasteiger partial charge in [0.05, 0.1) is 5.56 Å². The van der Waals surface area contributed by atoms with Crippen LogP contribution in [-0.2, 0) is 16.1 Å². The molecule has 0 aliphatic heterocycles. The molecule has 38 heavy (non-hydrogen) atoms. The van der Waals surface area contributed by atoms with Crippen LogP contribution in [0.1, 0.15) is 49.2 Å². The van der Waals surface area contributed by atoms with Gasteiger partial charge in [0.2, 0.25) is 0 Å². The third kappa shape index (κ3) is 8.98. The molecule has 0 aromatic heterocycles. The number of alkyl halides is 3. The van der Waals surface area contributed by atoms with Crippen LogP contribution in [0.5, 0.6) is 11.5 Å². The fourth-order valence-corrected chi connectivity index (χ4v) is 3.01. The number of carbonyl (C=O) groups excluding carboxylic acids is 3. The standard InChI is InChI=1S/C25H29F3N4O6/c1-14(36-17-8-6-7-16(12-17)20(29)30)31-21(33)18-10-9-15(11-19(18)37-22(34)25(26,27)28)13-32(5)23(35)38-24(2,3)4/h6-12,14H,13H2,1-5H3,(H3,29,30)(H,31,33). The number of hydrogen-bond donors (Lipinski definition) is 3. The highest BCUT2D eigenvalue weighted by Gasteiger charge is 2.42. The molecule has 10 nitrogen and oxygen atoms in total. The smallest absolute Gasteiger partial charge is 0.471 e. The monoisotopic (exact) mass is 538 g/mol. The quantitative estimate of drug-likeness (QED) is 0.152. The van der Waals surface area contributed by atoms with Gasteiger partial charge >= 0.3 is 18.2 Å². The van der Waals surface area contributed by atoms with E-state index in [9.17, 15) is 27.6 Å². The highest BCUT2D eigenvalue weighted by molar-refractivity contribution is 5.98. The van der Waals surface area contributed by atoms with Gasteiger partial charge < -0.3 is 30.2 Å². The molecule has 13 heteroatoms. The number of amidine groups is 1. The molecular formula is C25H29F3N4O6. The van der Waals surface area contributed by atoms with Crippen LogP contribution in [0.25, 0.3) is 0 Å². The van der Waals surface area contributed by atoms with E-state index in [1.165, 1.54) is 31.0 Å². The maximum Gasteiger partial charge on any atom is 0.491 e. The summed E-state index contributed by atoms with van der Waals surface area (Å²) in [5, 5.41) is 9.93. The van der Waals surface area contributed by atoms with Crippen molar-refractivity contribution in [2.75, 3.05) is 7.05 Å². The van der Waals surface area contributed by atoms with Crippen molar-refractivity contribution in [1.29, 1.82) is 5.41 Å². The van der Waals surface area contributed by atoms with E-state index in [2.05, 4.69) is 10.1 Å². The van der Waals surface area contributed by atoms with E-state index in [0.717, 1.165) is 12.1 Å². The summed E-state index contributed by atoms with van der Waals surface area (Å²) >= 11 is 0. The first-order valence-electron chi connectivity index (χ1n) is 11.2. The van der Waals surface area contributed by atoms with Crippen molar-refractivity contribution in [3.63, 3.8) is 0 Å². The molecule has 2 aromatic carbocycles. The SMILES string of the molecule is CC(NC(=O)c1ccc(CN(C)C(=O)OC(C)(C)C)cc1OC(=O)C(F)(F)F)Oc1cccc(C(=N)N)c1. The van der Waals surface area contributed by atoms with Gasteiger partial charge in [-0.15, -0.1) is 0 Å². The van der Waals surface area contributed by atoms with Crippen molar-refractivity contribution in [2.24, 2.45) is 5.73 Å². The lowest BCUT2D eigenvalue weighted by Gasteiger charge is -2.25. The van der Waals surface area contributed by atoms with Gasteiger partial charge in [-0.25, -0.2) is 9.59 Å². The van der Waals surface area contributed by atoms with Gasteiger partial charge in [-0.05, 0) is 57.5 Å². The lowest BCUT2D eigenvalue weighted by atomic mass is 10.1. The van der Waals surface area contributed by atoms with E-state index in [0.29, 0.717) is 5.56 Å². The van der Waals surface area contributed by atoms with Crippen LogP contribution in [0.2, 0.25) is 0 Å². The van der Waals surface area contributed by atoms with Crippen LogP contribution >= 0.6 is 0 Å². The molecule has 0 saturated heterocycles. The number of halogens is 3. The minimum absolute atomic E-state index is 0.112. The van der Waals surface area contributed by atoms with Gasteiger partial charge in [0.15, 0.2) is 6.23 Å². The summed E-state index contributed by atoms with van der Waals surface area (Å²) in [6, 6.07) is 9.81. The van der Waals surface area contributed by atoms with E-state index in [4.69, 9.17) is 20.6 Å². The van der Waals surface area contributed by atoms with Gasteiger partial charge in [0.1, 0.15) is 22.9 Å². The van der Waals surface area contributed by atoms with Crippen molar-refractivity contribution in [3.8, 4) is 11.5 Å². The van der Waals surface area contributed by atoms with E-state index in [1.807, 2.05) is 0 Å². The Morgan fingerprint density at radius 2 is 1.76 bits per heavy atom. The van der Waals surface area contributed by atoms with E-state index in [-0.39, 0.29) is 29.3 Å². The summed E-state index contributed by atoms with van der Waals surface area (Å²) in [5.41, 5.74) is 4.96. The molecule has 1 atom stereocenters. The fourth-order valence-electron chi connectivity index (χ4n) is 3.01. The molecule has 0 aliphatic rings. The normalized spacial score (nSPS) is 12.2. The molecule has 0 aliphatic carbocycles. The van der Waals surface area contributed by atoms with Gasteiger partial charge in [0.25, 0.3) is 5.91 Å². The van der Waals surface area contributed by atoms with Crippen molar-refractivity contribution < 1.29 is 41.8 Å². The molecule has 0 spiro atoms. The molecular weight excluding hydrogens is 509 g/mol. The molecule has 0 fully saturated rings. The topological polar surface area (TPSA) is 144 Å². The molecule has 4 N–H and O–H groups in total. The molecule has 2 aromatic rings. The Hall–Kier alpha value is -4.29. The van der Waals surface area contributed by atoms with Crippen molar-refractivity contribution in [1.82, 2.24) is 10.2 Å². The first kappa shape index (κ1) is 29.9. The number of esters is 1. The molecule has 0 saturated carbocycles. The number of benzene rings is 2. The van der Waals surface area contributed by atoms with Crippen molar-refractivity contribution in [2.45, 2.75) is 52.2 Å². The number of ether oxygens (including phenoxy) is 3. The molecule has 0 bridgehead atoms. The maximum absolute atomic E-state index is 12.9. The largest absolute Gasteiger partial charge is 0.491 e. The Labute approximate surface area is 217 Å². The van der Waals surface area contributed by atoms with Crippen LogP contribution < -0.4 is 20.5 Å². The van der Waals surface area contributed by atoms with Crippen LogP contribution in [0.4, 0.5) is 18.0 Å². The Morgan fingerprint density at radius 1 is 1.11 bits per heavy atom. The molecule has 0 radical (unpaired) electrons. The Bertz CT molecular complexity index is 1210. The number of nitrogens with two attached hydrogens (primary N) is 1. The minimum atomic E-state index is -5.31. The zero-order valence-electron chi connectivity index (χ0n) is 21.4. The van der Waals surface area contributed by atoms with Crippen LogP contribution in [0.15, 0.2) is 42.5 Å². The van der Waals surface area contributed by atoms with Gasteiger partial charge in [0, 0.05) is 19.2 Å². The molecule has 2 rings (SSSR count). The number of nitrogen functional groups attached to an aromatic ring is 1. The zero-order valence-corrected chi connectivity index (χ0v) is 21.4. The molecule has 206 valence electrons. The van der Waals surface area contributed by atoms with E-state index >= 15 is 0 Å². The van der Waals surface area contributed by atoms with Crippen LogP contribution in [0.3, 0.4) is 0 Å². The first-order chi connectivity index (χ1) is 17.5. The summed E-state index contributed by atoms with van der Waals surface area (Å²) in [6.07, 6.45) is -6.98. The number of rotatable bonds is 8. The lowest BCUT2D eigenvalue weighted by molar-refractivity contribution is -0.189. The Kier molecular flexibility index (Phi) is 9.33. The summed E-state index contributed by atoms with van der Waals surface area (Å²) in [6.45, 7) is 6.37. The zero-order chi connectivity index (χ0) is 28.8. The molecule has 0 heterocycles. The predicted molar refractivity (Wildman–Crippen MR) is 131 cm³/mol. The summed E-state index contributed by atoms with van der Waals surface area (Å²) in [7, 11) is 1.41. The van der Waals surface area contributed by atoms with E-state index in [1.54, 1.807) is 39.0 Å². The lowest BCUT2D eigenvalue weighted by Crippen LogP contribution is -2.37. The summed E-state index contributed by atoms with van der Waals surface area (Å²) in [5.74, 6) is -3.99. The average Bonchev–Trinajstić information content (AvgIpc) is 2.77. The Balaban J connectivity index is 2.26. The predicted octanol–water partition coefficient (Wildman–Crippen LogP) is 3.96. The molecule has 2 amide bonds. The number of carbonyl (C=O) groups is 3. The van der Waals surface area contributed by atoms with Crippen LogP contribution in [-0.4, -0.2) is 53.8 Å². The highest BCUT2D eigenvalue weighted by Crippen LogP contribution is 2.26. The number of nitrogens with one attached hydrogen (secondary N) is 2. The second-order valence-corrected chi connectivity index (χ2v) is 9.23. The summed E-state index contributed by atoms with van der Waals surface area (Å²) in [4.78, 5) is 37.8.